The lowest BCUT2D eigenvalue weighted by Gasteiger charge is -2.26. The summed E-state index contributed by atoms with van der Waals surface area (Å²) in [4.78, 5) is 16.4. The molecule has 0 unspecified atom stereocenters. The number of alkyl halides is 2. The van der Waals surface area contributed by atoms with Gasteiger partial charge in [-0.3, -0.25) is 10.4 Å². The van der Waals surface area contributed by atoms with Gasteiger partial charge in [0.1, 0.15) is 17.1 Å². The predicted octanol–water partition coefficient (Wildman–Crippen LogP) is 3.54. The Kier molecular flexibility index (Phi) is 5.28. The number of carbonyl (C=O) groups excluding carboxylic acids is 1. The Labute approximate surface area is 160 Å². The van der Waals surface area contributed by atoms with Crippen LogP contribution in [-0.4, -0.2) is 32.9 Å². The molecule has 0 aliphatic heterocycles. The number of H-pyrrole nitrogens is 1. The van der Waals surface area contributed by atoms with Crippen LogP contribution in [0.1, 0.15) is 35.9 Å². The highest BCUT2D eigenvalue weighted by Gasteiger charge is 2.25. The largest absolute Gasteiger partial charge is 0.384 e. The summed E-state index contributed by atoms with van der Waals surface area (Å²) in [6.07, 6.45) is -2.70. The number of nitrogens with zero attached hydrogens (tertiary/aromatic N) is 2. The number of rotatable bonds is 5. The number of anilines is 1. The molecule has 9 heteroatoms. The maximum Gasteiger partial charge on any atom is 0.320 e. The van der Waals surface area contributed by atoms with Crippen molar-refractivity contribution >= 4 is 22.8 Å². The van der Waals surface area contributed by atoms with Gasteiger partial charge in [-0.05, 0) is 31.9 Å². The molecular formula is C19H21F2N5O2. The fourth-order valence-electron chi connectivity index (χ4n) is 3.16. The molecule has 1 atom stereocenters. The second-order valence-electron chi connectivity index (χ2n) is 6.82. The van der Waals surface area contributed by atoms with Crippen LogP contribution in [0.2, 0.25) is 0 Å². The first-order chi connectivity index (χ1) is 13.2. The number of fused-ring (bicyclic) bond motifs is 1. The standard InChI is InChI=1S/C19H21F2N5O2/c1-10-6-4-5-7-12(10)19(3,28)9-22-18(27)24-14-8-13-15(11(2)23-14)16(17(20)21)26-25-13/h4-8,17,28H,9H2,1-3H3,(H,25,26)(H2,22,23,24,27)/t19-/m1/s1. The highest BCUT2D eigenvalue weighted by atomic mass is 19.3. The van der Waals surface area contributed by atoms with E-state index < -0.39 is 18.1 Å². The fourth-order valence-corrected chi connectivity index (χ4v) is 3.16. The quantitative estimate of drug-likeness (QED) is 0.536. The number of carbonyl (C=O) groups is 1. The lowest BCUT2D eigenvalue weighted by Crippen LogP contribution is -2.41. The molecule has 7 nitrogen and oxygen atoms in total. The third-order valence-electron chi connectivity index (χ3n) is 4.52. The first-order valence-electron chi connectivity index (χ1n) is 8.66. The van der Waals surface area contributed by atoms with Gasteiger partial charge in [-0.25, -0.2) is 18.6 Å². The molecule has 0 radical (unpaired) electrons. The fraction of sp³-hybridized carbons (Fsp3) is 0.316. The molecule has 0 saturated carbocycles. The van der Waals surface area contributed by atoms with Gasteiger partial charge in [0.25, 0.3) is 6.43 Å². The van der Waals surface area contributed by atoms with Crippen LogP contribution < -0.4 is 10.6 Å². The van der Waals surface area contributed by atoms with Crippen LogP contribution in [0.3, 0.4) is 0 Å². The number of pyridine rings is 1. The maximum absolute atomic E-state index is 13.0. The Balaban J connectivity index is 1.71. The van der Waals surface area contributed by atoms with E-state index in [1.807, 2.05) is 25.1 Å². The van der Waals surface area contributed by atoms with Gasteiger partial charge in [0.2, 0.25) is 0 Å². The SMILES string of the molecule is Cc1ccccc1[C@](C)(O)CNC(=O)Nc1cc2n[nH]c(C(F)F)c2c(C)n1. The van der Waals surface area contributed by atoms with Crippen molar-refractivity contribution in [2.45, 2.75) is 32.8 Å². The van der Waals surface area contributed by atoms with E-state index in [1.54, 1.807) is 19.9 Å². The first-order valence-corrected chi connectivity index (χ1v) is 8.66. The summed E-state index contributed by atoms with van der Waals surface area (Å²) in [5.74, 6) is 0.172. The minimum Gasteiger partial charge on any atom is -0.384 e. The van der Waals surface area contributed by atoms with E-state index in [0.29, 0.717) is 11.3 Å². The number of halogens is 2. The topological polar surface area (TPSA) is 103 Å². The maximum atomic E-state index is 13.0. The zero-order valence-corrected chi connectivity index (χ0v) is 15.7. The molecule has 1 aromatic carbocycles. The molecule has 2 aromatic heterocycles. The molecule has 148 valence electrons. The zero-order chi connectivity index (χ0) is 20.5. The second-order valence-corrected chi connectivity index (χ2v) is 6.82. The highest BCUT2D eigenvalue weighted by Crippen LogP contribution is 2.28. The summed E-state index contributed by atoms with van der Waals surface area (Å²) in [7, 11) is 0. The summed E-state index contributed by atoms with van der Waals surface area (Å²) in [5.41, 5.74) is 0.663. The van der Waals surface area contributed by atoms with Gasteiger partial charge in [-0.15, -0.1) is 0 Å². The molecule has 0 aliphatic carbocycles. The number of amides is 2. The number of aryl methyl sites for hydroxylation is 2. The minimum absolute atomic E-state index is 0.0250. The van der Waals surface area contributed by atoms with E-state index in [1.165, 1.54) is 6.07 Å². The van der Waals surface area contributed by atoms with Crippen LogP contribution in [0, 0.1) is 13.8 Å². The molecule has 0 saturated heterocycles. The number of aromatic amines is 1. The van der Waals surface area contributed by atoms with Gasteiger partial charge in [-0.1, -0.05) is 24.3 Å². The molecule has 0 fully saturated rings. The summed E-state index contributed by atoms with van der Waals surface area (Å²) in [6.45, 7) is 5.03. The first kappa shape index (κ1) is 19.7. The summed E-state index contributed by atoms with van der Waals surface area (Å²) in [6, 6.07) is 8.19. The molecule has 3 aromatic rings. The van der Waals surface area contributed by atoms with Gasteiger partial charge < -0.3 is 10.4 Å². The molecule has 0 aliphatic rings. The summed E-state index contributed by atoms with van der Waals surface area (Å²) >= 11 is 0. The molecule has 2 heterocycles. The van der Waals surface area contributed by atoms with Crippen LogP contribution in [0.15, 0.2) is 30.3 Å². The summed E-state index contributed by atoms with van der Waals surface area (Å²) in [5, 5.41) is 22.2. The Morgan fingerprint density at radius 1 is 1.32 bits per heavy atom. The van der Waals surface area contributed by atoms with Crippen molar-refractivity contribution in [1.29, 1.82) is 0 Å². The van der Waals surface area contributed by atoms with Crippen molar-refractivity contribution in [1.82, 2.24) is 20.5 Å². The number of aliphatic hydroxyl groups is 1. The number of benzene rings is 1. The van der Waals surface area contributed by atoms with Gasteiger partial charge in [0.05, 0.1) is 23.1 Å². The Hall–Kier alpha value is -3.07. The van der Waals surface area contributed by atoms with Crippen molar-refractivity contribution in [2.75, 3.05) is 11.9 Å². The Bertz CT molecular complexity index is 1020. The predicted molar refractivity (Wildman–Crippen MR) is 101 cm³/mol. The molecule has 3 rings (SSSR count). The van der Waals surface area contributed by atoms with Crippen molar-refractivity contribution in [3.63, 3.8) is 0 Å². The monoisotopic (exact) mass is 389 g/mol. The molecule has 4 N–H and O–H groups in total. The number of aromatic nitrogens is 3. The van der Waals surface area contributed by atoms with Gasteiger partial charge >= 0.3 is 6.03 Å². The number of hydrogen-bond acceptors (Lipinski definition) is 4. The Morgan fingerprint density at radius 2 is 2.04 bits per heavy atom. The normalized spacial score (nSPS) is 13.5. The number of urea groups is 1. The lowest BCUT2D eigenvalue weighted by molar-refractivity contribution is 0.0593. The van der Waals surface area contributed by atoms with E-state index in [4.69, 9.17) is 0 Å². The zero-order valence-electron chi connectivity index (χ0n) is 15.7. The van der Waals surface area contributed by atoms with Crippen LogP contribution in [-0.2, 0) is 5.60 Å². The smallest absolute Gasteiger partial charge is 0.320 e. The Morgan fingerprint density at radius 3 is 2.71 bits per heavy atom. The van der Waals surface area contributed by atoms with Crippen molar-refractivity contribution in [3.05, 3.63) is 52.8 Å². The second kappa shape index (κ2) is 7.51. The molecular weight excluding hydrogens is 368 g/mol. The number of hydrogen-bond donors (Lipinski definition) is 4. The third kappa shape index (κ3) is 3.94. The lowest BCUT2D eigenvalue weighted by atomic mass is 9.92. The van der Waals surface area contributed by atoms with Crippen LogP contribution in [0.25, 0.3) is 10.9 Å². The third-order valence-corrected chi connectivity index (χ3v) is 4.52. The van der Waals surface area contributed by atoms with E-state index >= 15 is 0 Å². The van der Waals surface area contributed by atoms with Gasteiger partial charge in [0.15, 0.2) is 0 Å². The molecule has 0 bridgehead atoms. The molecule has 2 amide bonds. The molecule has 0 spiro atoms. The highest BCUT2D eigenvalue weighted by molar-refractivity contribution is 5.92. The van der Waals surface area contributed by atoms with Crippen LogP contribution in [0.5, 0.6) is 0 Å². The van der Waals surface area contributed by atoms with Crippen molar-refractivity contribution in [3.8, 4) is 0 Å². The van der Waals surface area contributed by atoms with Crippen LogP contribution >= 0.6 is 0 Å². The van der Waals surface area contributed by atoms with E-state index in [0.717, 1.165) is 5.56 Å². The van der Waals surface area contributed by atoms with E-state index in [-0.39, 0.29) is 29.0 Å². The van der Waals surface area contributed by atoms with Crippen molar-refractivity contribution in [2.24, 2.45) is 0 Å². The number of nitrogens with one attached hydrogen (secondary N) is 3. The van der Waals surface area contributed by atoms with Crippen LogP contribution in [0.4, 0.5) is 19.4 Å². The average Bonchev–Trinajstić information content (AvgIpc) is 3.05. The average molecular weight is 389 g/mol. The van der Waals surface area contributed by atoms with E-state index in [2.05, 4.69) is 25.8 Å². The molecule has 28 heavy (non-hydrogen) atoms. The van der Waals surface area contributed by atoms with Crippen molar-refractivity contribution < 1.29 is 18.7 Å². The van der Waals surface area contributed by atoms with Gasteiger partial charge in [0, 0.05) is 6.07 Å². The van der Waals surface area contributed by atoms with Gasteiger partial charge in [-0.2, -0.15) is 5.10 Å². The minimum atomic E-state index is -2.70. The van der Waals surface area contributed by atoms with E-state index in [9.17, 15) is 18.7 Å². The summed E-state index contributed by atoms with van der Waals surface area (Å²) < 4.78 is 26.0.